The van der Waals surface area contributed by atoms with Crippen molar-refractivity contribution in [1.82, 2.24) is 10.2 Å². The van der Waals surface area contributed by atoms with E-state index in [1.807, 2.05) is 61.5 Å². The van der Waals surface area contributed by atoms with Crippen molar-refractivity contribution in [3.8, 4) is 17.1 Å². The molecule has 0 radical (unpaired) electrons. The smallest absolute Gasteiger partial charge is 0.255 e. The van der Waals surface area contributed by atoms with Crippen LogP contribution in [0.5, 0.6) is 5.88 Å². The van der Waals surface area contributed by atoms with Crippen LogP contribution in [0, 0.1) is 6.92 Å². The van der Waals surface area contributed by atoms with Gasteiger partial charge >= 0.3 is 0 Å². The average molecular weight is 319 g/mol. The summed E-state index contributed by atoms with van der Waals surface area (Å²) in [7, 11) is 1.55. The molecule has 0 saturated heterocycles. The summed E-state index contributed by atoms with van der Waals surface area (Å²) in [5, 5.41) is 11.0. The van der Waals surface area contributed by atoms with Gasteiger partial charge in [-0.3, -0.25) is 4.79 Å². The van der Waals surface area contributed by atoms with Crippen molar-refractivity contribution in [2.75, 3.05) is 12.4 Å². The first-order valence-electron chi connectivity index (χ1n) is 7.52. The van der Waals surface area contributed by atoms with Gasteiger partial charge in [-0.25, -0.2) is 0 Å². The van der Waals surface area contributed by atoms with E-state index in [9.17, 15) is 4.79 Å². The Morgan fingerprint density at radius 1 is 0.958 bits per heavy atom. The Bertz CT molecular complexity index is 843. The second-order valence-electron chi connectivity index (χ2n) is 5.31. The van der Waals surface area contributed by atoms with E-state index in [0.717, 1.165) is 22.5 Å². The summed E-state index contributed by atoms with van der Waals surface area (Å²) in [5.41, 5.74) is 4.00. The third-order valence-corrected chi connectivity index (χ3v) is 3.68. The minimum atomic E-state index is -0.120. The highest BCUT2D eigenvalue weighted by atomic mass is 16.5. The molecular weight excluding hydrogens is 302 g/mol. The van der Waals surface area contributed by atoms with Crippen LogP contribution in [-0.4, -0.2) is 23.2 Å². The van der Waals surface area contributed by atoms with Crippen molar-refractivity contribution < 1.29 is 9.53 Å². The fraction of sp³-hybridized carbons (Fsp3) is 0.105. The minimum Gasteiger partial charge on any atom is -0.480 e. The zero-order valence-corrected chi connectivity index (χ0v) is 13.5. The number of rotatable bonds is 4. The van der Waals surface area contributed by atoms with E-state index in [4.69, 9.17) is 4.74 Å². The van der Waals surface area contributed by atoms with Crippen molar-refractivity contribution >= 4 is 11.6 Å². The number of aromatic nitrogens is 2. The maximum absolute atomic E-state index is 12.3. The van der Waals surface area contributed by atoms with Gasteiger partial charge in [0.25, 0.3) is 5.91 Å². The number of aryl methyl sites for hydroxylation is 1. The molecule has 0 aliphatic heterocycles. The monoisotopic (exact) mass is 319 g/mol. The van der Waals surface area contributed by atoms with Gasteiger partial charge in [0, 0.05) is 22.9 Å². The molecule has 24 heavy (non-hydrogen) atoms. The minimum absolute atomic E-state index is 0.120. The molecule has 0 aliphatic carbocycles. The van der Waals surface area contributed by atoms with Crippen LogP contribution in [0.4, 0.5) is 5.69 Å². The van der Waals surface area contributed by atoms with Gasteiger partial charge < -0.3 is 10.1 Å². The molecule has 0 unspecified atom stereocenters. The van der Waals surface area contributed by atoms with Crippen LogP contribution < -0.4 is 10.1 Å². The van der Waals surface area contributed by atoms with Gasteiger partial charge in [0.2, 0.25) is 5.88 Å². The van der Waals surface area contributed by atoms with Crippen molar-refractivity contribution in [3.63, 3.8) is 0 Å². The van der Waals surface area contributed by atoms with Gasteiger partial charge in [-0.2, -0.15) is 0 Å². The summed E-state index contributed by atoms with van der Waals surface area (Å²) < 4.78 is 5.00. The topological polar surface area (TPSA) is 64.1 Å². The molecular formula is C19H17N3O2. The Labute approximate surface area is 140 Å². The fourth-order valence-electron chi connectivity index (χ4n) is 2.33. The molecule has 0 atom stereocenters. The standard InChI is InChI=1S/C19H17N3O2/c1-13-5-3-4-6-16(13)19(23)20-15-9-7-14(8-10-15)17-11-12-18(24-2)22-21-17/h3-12H,1-2H3,(H,20,23). The van der Waals surface area contributed by atoms with Gasteiger partial charge in [-0.05, 0) is 36.8 Å². The van der Waals surface area contributed by atoms with Gasteiger partial charge in [-0.15, -0.1) is 10.2 Å². The fourth-order valence-corrected chi connectivity index (χ4v) is 2.33. The number of hydrogen-bond acceptors (Lipinski definition) is 4. The van der Waals surface area contributed by atoms with Gasteiger partial charge in [-0.1, -0.05) is 30.3 Å². The Morgan fingerprint density at radius 3 is 2.33 bits per heavy atom. The molecule has 0 bridgehead atoms. The lowest BCUT2D eigenvalue weighted by Crippen LogP contribution is -2.13. The number of carbonyl (C=O) groups excluding carboxylic acids is 1. The van der Waals surface area contributed by atoms with Crippen molar-refractivity contribution in [1.29, 1.82) is 0 Å². The van der Waals surface area contributed by atoms with Crippen LogP contribution in [0.25, 0.3) is 11.3 Å². The summed E-state index contributed by atoms with van der Waals surface area (Å²) >= 11 is 0. The number of nitrogens with zero attached hydrogens (tertiary/aromatic N) is 2. The summed E-state index contributed by atoms with van der Waals surface area (Å²) in [6.07, 6.45) is 0. The first-order chi connectivity index (χ1) is 11.7. The molecule has 2 aromatic carbocycles. The van der Waals surface area contributed by atoms with Crippen LogP contribution >= 0.6 is 0 Å². The zero-order chi connectivity index (χ0) is 16.9. The molecule has 0 saturated carbocycles. The SMILES string of the molecule is COc1ccc(-c2ccc(NC(=O)c3ccccc3C)cc2)nn1. The van der Waals surface area contributed by atoms with Gasteiger partial charge in [0.05, 0.1) is 12.8 Å². The van der Waals surface area contributed by atoms with E-state index >= 15 is 0 Å². The number of benzene rings is 2. The van der Waals surface area contributed by atoms with Crippen molar-refractivity contribution in [2.45, 2.75) is 6.92 Å². The maximum atomic E-state index is 12.3. The second kappa shape index (κ2) is 6.91. The number of ether oxygens (including phenoxy) is 1. The molecule has 1 N–H and O–H groups in total. The average Bonchev–Trinajstić information content (AvgIpc) is 2.63. The number of amides is 1. The third-order valence-electron chi connectivity index (χ3n) is 3.68. The van der Waals surface area contributed by atoms with Crippen LogP contribution in [0.2, 0.25) is 0 Å². The number of hydrogen-bond donors (Lipinski definition) is 1. The molecule has 1 amide bonds. The highest BCUT2D eigenvalue weighted by Gasteiger charge is 2.09. The van der Waals surface area contributed by atoms with Crippen LogP contribution in [0.3, 0.4) is 0 Å². The number of methoxy groups -OCH3 is 1. The molecule has 120 valence electrons. The van der Waals surface area contributed by atoms with E-state index in [-0.39, 0.29) is 5.91 Å². The van der Waals surface area contributed by atoms with E-state index in [1.165, 1.54) is 0 Å². The first kappa shape index (κ1) is 15.7. The Balaban J connectivity index is 1.74. The van der Waals surface area contributed by atoms with E-state index in [1.54, 1.807) is 13.2 Å². The normalized spacial score (nSPS) is 10.2. The van der Waals surface area contributed by atoms with E-state index < -0.39 is 0 Å². The Hall–Kier alpha value is -3.21. The Kier molecular flexibility index (Phi) is 4.52. The van der Waals surface area contributed by atoms with Crippen molar-refractivity contribution in [2.24, 2.45) is 0 Å². The van der Waals surface area contributed by atoms with Gasteiger partial charge in [0.15, 0.2) is 0 Å². The lowest BCUT2D eigenvalue weighted by molar-refractivity contribution is 0.102. The molecule has 0 spiro atoms. The summed E-state index contributed by atoms with van der Waals surface area (Å²) in [6.45, 7) is 1.92. The summed E-state index contributed by atoms with van der Waals surface area (Å²) in [6, 6.07) is 18.6. The second-order valence-corrected chi connectivity index (χ2v) is 5.31. The lowest BCUT2D eigenvalue weighted by Gasteiger charge is -2.08. The highest BCUT2D eigenvalue weighted by molar-refractivity contribution is 6.05. The maximum Gasteiger partial charge on any atom is 0.255 e. The van der Waals surface area contributed by atoms with Gasteiger partial charge in [0.1, 0.15) is 0 Å². The molecule has 0 aliphatic rings. The number of anilines is 1. The van der Waals surface area contributed by atoms with Crippen LogP contribution in [-0.2, 0) is 0 Å². The number of nitrogens with one attached hydrogen (secondary N) is 1. The largest absolute Gasteiger partial charge is 0.480 e. The molecule has 3 aromatic rings. The predicted molar refractivity (Wildman–Crippen MR) is 93.2 cm³/mol. The molecule has 3 rings (SSSR count). The first-order valence-corrected chi connectivity index (χ1v) is 7.52. The van der Waals surface area contributed by atoms with Crippen LogP contribution in [0.15, 0.2) is 60.7 Å². The third kappa shape index (κ3) is 3.41. The molecule has 1 aromatic heterocycles. The molecule has 5 nitrogen and oxygen atoms in total. The summed E-state index contributed by atoms with van der Waals surface area (Å²) in [5.74, 6) is 0.353. The predicted octanol–water partition coefficient (Wildman–Crippen LogP) is 3.71. The zero-order valence-electron chi connectivity index (χ0n) is 13.5. The highest BCUT2D eigenvalue weighted by Crippen LogP contribution is 2.20. The molecule has 0 fully saturated rings. The molecule has 1 heterocycles. The summed E-state index contributed by atoms with van der Waals surface area (Å²) in [4.78, 5) is 12.3. The number of carbonyl (C=O) groups is 1. The van der Waals surface area contributed by atoms with E-state index in [0.29, 0.717) is 11.4 Å². The Morgan fingerprint density at radius 2 is 1.71 bits per heavy atom. The van der Waals surface area contributed by atoms with Crippen molar-refractivity contribution in [3.05, 3.63) is 71.8 Å². The molecule has 5 heteroatoms. The lowest BCUT2D eigenvalue weighted by atomic mass is 10.1. The van der Waals surface area contributed by atoms with E-state index in [2.05, 4.69) is 15.5 Å². The quantitative estimate of drug-likeness (QED) is 0.796. The van der Waals surface area contributed by atoms with Crippen LogP contribution in [0.1, 0.15) is 15.9 Å².